The first-order chi connectivity index (χ1) is 10.7. The molecule has 0 spiro atoms. The van der Waals surface area contributed by atoms with Crippen LogP contribution in [0.25, 0.3) is 0 Å². The molecule has 0 heterocycles. The van der Waals surface area contributed by atoms with Crippen molar-refractivity contribution in [1.82, 2.24) is 0 Å². The molecule has 0 aliphatic rings. The fourth-order valence-electron chi connectivity index (χ4n) is 2.09. The van der Waals surface area contributed by atoms with Crippen LogP contribution in [0.1, 0.15) is 21.5 Å². The first-order valence-corrected chi connectivity index (χ1v) is 6.75. The maximum Gasteiger partial charge on any atom is 0.341 e. The summed E-state index contributed by atoms with van der Waals surface area (Å²) in [5.74, 6) is -0.214. The Labute approximate surface area is 128 Å². The number of hydrogen-bond acceptors (Lipinski definition) is 4. The lowest BCUT2D eigenvalue weighted by molar-refractivity contribution is -0.105. The van der Waals surface area contributed by atoms with E-state index in [0.29, 0.717) is 17.8 Å². The van der Waals surface area contributed by atoms with E-state index in [1.165, 1.54) is 7.11 Å². The van der Waals surface area contributed by atoms with Gasteiger partial charge in [-0.15, -0.1) is 0 Å². The molecule has 2 aromatic rings. The molecule has 0 aromatic heterocycles. The number of benzene rings is 2. The van der Waals surface area contributed by atoms with Crippen molar-refractivity contribution in [2.45, 2.75) is 13.5 Å². The molecule has 5 heteroatoms. The number of ether oxygens (including phenoxy) is 2. The van der Waals surface area contributed by atoms with E-state index in [0.717, 1.165) is 11.1 Å². The first-order valence-electron chi connectivity index (χ1n) is 6.75. The lowest BCUT2D eigenvalue weighted by atomic mass is 10.1. The van der Waals surface area contributed by atoms with Gasteiger partial charge >= 0.3 is 5.97 Å². The summed E-state index contributed by atoms with van der Waals surface area (Å²) in [6.07, 6.45) is 0.547. The average molecular weight is 299 g/mol. The molecule has 2 rings (SSSR count). The van der Waals surface area contributed by atoms with Gasteiger partial charge in [0.25, 0.3) is 0 Å². The third kappa shape index (κ3) is 3.63. The Kier molecular flexibility index (Phi) is 5.14. The number of nitrogens with one attached hydrogen (secondary N) is 1. The van der Waals surface area contributed by atoms with E-state index in [2.05, 4.69) is 5.32 Å². The molecule has 0 aliphatic heterocycles. The summed E-state index contributed by atoms with van der Waals surface area (Å²) in [7, 11) is 1.30. The molecule has 0 saturated heterocycles. The van der Waals surface area contributed by atoms with E-state index < -0.39 is 5.97 Å². The molecule has 2 aromatic carbocycles. The number of anilines is 1. The van der Waals surface area contributed by atoms with E-state index in [-0.39, 0.29) is 12.2 Å². The van der Waals surface area contributed by atoms with Crippen LogP contribution in [0.15, 0.2) is 42.5 Å². The quantitative estimate of drug-likeness (QED) is 0.658. The van der Waals surface area contributed by atoms with Crippen molar-refractivity contribution in [3.05, 3.63) is 59.2 Å². The topological polar surface area (TPSA) is 64.6 Å². The maximum atomic E-state index is 11.9. The van der Waals surface area contributed by atoms with Crippen molar-refractivity contribution in [2.75, 3.05) is 12.4 Å². The van der Waals surface area contributed by atoms with Crippen molar-refractivity contribution in [2.24, 2.45) is 0 Å². The van der Waals surface area contributed by atoms with Crippen molar-refractivity contribution < 1.29 is 19.1 Å². The fraction of sp³-hybridized carbons (Fsp3) is 0.176. The molecular formula is C17H17NO4. The summed E-state index contributed by atoms with van der Waals surface area (Å²) in [5.41, 5.74) is 2.49. The molecular weight excluding hydrogens is 282 g/mol. The van der Waals surface area contributed by atoms with Crippen LogP contribution in [-0.4, -0.2) is 19.5 Å². The van der Waals surface area contributed by atoms with Gasteiger partial charge in [-0.25, -0.2) is 4.79 Å². The average Bonchev–Trinajstić information content (AvgIpc) is 2.54. The second-order valence-corrected chi connectivity index (χ2v) is 4.72. The van der Waals surface area contributed by atoms with Crippen LogP contribution < -0.4 is 10.1 Å². The first kappa shape index (κ1) is 15.6. The Morgan fingerprint density at radius 3 is 2.59 bits per heavy atom. The van der Waals surface area contributed by atoms with Gasteiger partial charge in [0, 0.05) is 0 Å². The molecule has 1 amide bonds. The molecule has 0 atom stereocenters. The molecule has 22 heavy (non-hydrogen) atoms. The summed E-state index contributed by atoms with van der Waals surface area (Å²) in [6.45, 7) is 2.10. The number of esters is 1. The molecule has 0 saturated carbocycles. The minimum Gasteiger partial charge on any atom is -0.486 e. The van der Waals surface area contributed by atoms with E-state index in [1.807, 2.05) is 37.3 Å². The van der Waals surface area contributed by atoms with Crippen molar-refractivity contribution in [3.63, 3.8) is 0 Å². The third-order valence-electron chi connectivity index (χ3n) is 3.08. The monoisotopic (exact) mass is 299 g/mol. The molecule has 0 radical (unpaired) electrons. The maximum absolute atomic E-state index is 11.9. The second kappa shape index (κ2) is 7.26. The summed E-state index contributed by atoms with van der Waals surface area (Å²) in [4.78, 5) is 22.7. The van der Waals surface area contributed by atoms with Crippen LogP contribution >= 0.6 is 0 Å². The summed E-state index contributed by atoms with van der Waals surface area (Å²) < 4.78 is 10.5. The van der Waals surface area contributed by atoms with E-state index in [4.69, 9.17) is 9.47 Å². The molecule has 0 aliphatic carbocycles. The van der Waals surface area contributed by atoms with Crippen molar-refractivity contribution in [1.29, 1.82) is 0 Å². The highest BCUT2D eigenvalue weighted by Crippen LogP contribution is 2.32. The Morgan fingerprint density at radius 1 is 1.23 bits per heavy atom. The number of aryl methyl sites for hydroxylation is 1. The molecule has 114 valence electrons. The minimum absolute atomic E-state index is 0.279. The molecule has 0 unspecified atom stereocenters. The Bertz CT molecular complexity index is 668. The second-order valence-electron chi connectivity index (χ2n) is 4.72. The van der Waals surface area contributed by atoms with Crippen LogP contribution in [0.5, 0.6) is 5.75 Å². The van der Waals surface area contributed by atoms with Crippen molar-refractivity contribution in [3.8, 4) is 5.75 Å². The van der Waals surface area contributed by atoms with Crippen LogP contribution in [0.3, 0.4) is 0 Å². The highest BCUT2D eigenvalue weighted by Gasteiger charge is 2.18. The largest absolute Gasteiger partial charge is 0.486 e. The smallest absolute Gasteiger partial charge is 0.341 e. The summed E-state index contributed by atoms with van der Waals surface area (Å²) in [5, 5.41) is 2.56. The normalized spacial score (nSPS) is 9.91. The summed E-state index contributed by atoms with van der Waals surface area (Å²) in [6, 6.07) is 13.0. The van der Waals surface area contributed by atoms with Gasteiger partial charge in [0.1, 0.15) is 12.2 Å². The zero-order valence-corrected chi connectivity index (χ0v) is 12.5. The van der Waals surface area contributed by atoms with Gasteiger partial charge in [0.05, 0.1) is 12.8 Å². The summed E-state index contributed by atoms with van der Waals surface area (Å²) >= 11 is 0. The SMILES string of the molecule is COC(=O)c1cc(C)cc(NC=O)c1OCc1ccccc1. The van der Waals surface area contributed by atoms with Crippen LogP contribution in [0.4, 0.5) is 5.69 Å². The number of amides is 1. The van der Waals surface area contributed by atoms with Gasteiger partial charge in [0.2, 0.25) is 6.41 Å². The Hall–Kier alpha value is -2.82. The molecule has 0 fully saturated rings. The Balaban J connectivity index is 2.37. The lowest BCUT2D eigenvalue weighted by Crippen LogP contribution is -2.09. The predicted octanol–water partition coefficient (Wildman–Crippen LogP) is 2.93. The zero-order chi connectivity index (χ0) is 15.9. The molecule has 5 nitrogen and oxygen atoms in total. The van der Waals surface area contributed by atoms with E-state index >= 15 is 0 Å². The molecule has 0 bridgehead atoms. The minimum atomic E-state index is -0.513. The van der Waals surface area contributed by atoms with Gasteiger partial charge in [-0.2, -0.15) is 0 Å². The van der Waals surface area contributed by atoms with Gasteiger partial charge in [-0.05, 0) is 30.2 Å². The number of rotatable bonds is 6. The highest BCUT2D eigenvalue weighted by atomic mass is 16.5. The highest BCUT2D eigenvalue weighted by molar-refractivity contribution is 5.96. The predicted molar refractivity (Wildman–Crippen MR) is 83.0 cm³/mol. The lowest BCUT2D eigenvalue weighted by Gasteiger charge is -2.15. The van der Waals surface area contributed by atoms with E-state index in [9.17, 15) is 9.59 Å². The van der Waals surface area contributed by atoms with Crippen LogP contribution in [-0.2, 0) is 16.1 Å². The van der Waals surface area contributed by atoms with Crippen LogP contribution in [0, 0.1) is 6.92 Å². The third-order valence-corrected chi connectivity index (χ3v) is 3.08. The van der Waals surface area contributed by atoms with Gasteiger partial charge < -0.3 is 14.8 Å². The Morgan fingerprint density at radius 2 is 1.95 bits per heavy atom. The van der Waals surface area contributed by atoms with Crippen molar-refractivity contribution >= 4 is 18.1 Å². The van der Waals surface area contributed by atoms with Crippen LogP contribution in [0.2, 0.25) is 0 Å². The van der Waals surface area contributed by atoms with Gasteiger partial charge in [0.15, 0.2) is 5.75 Å². The number of carbonyl (C=O) groups is 2. The number of hydrogen-bond donors (Lipinski definition) is 1. The van der Waals surface area contributed by atoms with E-state index in [1.54, 1.807) is 12.1 Å². The molecule has 1 N–H and O–H groups in total. The number of carbonyl (C=O) groups excluding carboxylic acids is 2. The number of methoxy groups -OCH3 is 1. The van der Waals surface area contributed by atoms with Gasteiger partial charge in [-0.3, -0.25) is 4.79 Å². The zero-order valence-electron chi connectivity index (χ0n) is 12.5. The van der Waals surface area contributed by atoms with Gasteiger partial charge in [-0.1, -0.05) is 30.3 Å². The fourth-order valence-corrected chi connectivity index (χ4v) is 2.09. The standard InChI is InChI=1S/C17H17NO4/c1-12-8-14(17(20)21-2)16(15(9-12)18-11-19)22-10-13-6-4-3-5-7-13/h3-9,11H,10H2,1-2H3,(H,18,19).